The van der Waals surface area contributed by atoms with Crippen LogP contribution in [-0.4, -0.2) is 14.9 Å². The van der Waals surface area contributed by atoms with E-state index in [1.165, 1.54) is 29.2 Å². The van der Waals surface area contributed by atoms with Gasteiger partial charge in [0.1, 0.15) is 21.3 Å². The molecule has 0 bridgehead atoms. The van der Waals surface area contributed by atoms with E-state index in [0.29, 0.717) is 22.5 Å². The fraction of sp³-hybridized carbons (Fsp3) is 0.0909. The number of nitro groups is 1. The first kappa shape index (κ1) is 12.9. The van der Waals surface area contributed by atoms with E-state index in [0.717, 1.165) is 10.2 Å². The van der Waals surface area contributed by atoms with Gasteiger partial charge in [0.2, 0.25) is 0 Å². The fourth-order valence-corrected chi connectivity index (χ4v) is 3.18. The van der Waals surface area contributed by atoms with Crippen LogP contribution in [0.3, 0.4) is 0 Å². The van der Waals surface area contributed by atoms with Gasteiger partial charge in [-0.05, 0) is 17.5 Å². The van der Waals surface area contributed by atoms with Gasteiger partial charge in [-0.1, -0.05) is 11.8 Å². The van der Waals surface area contributed by atoms with E-state index < -0.39 is 4.92 Å². The van der Waals surface area contributed by atoms with Crippen molar-refractivity contribution in [3.05, 3.63) is 39.5 Å². The summed E-state index contributed by atoms with van der Waals surface area (Å²) in [5.74, 6) is 1.07. The van der Waals surface area contributed by atoms with Crippen molar-refractivity contribution in [3.8, 4) is 0 Å². The van der Waals surface area contributed by atoms with Crippen LogP contribution < -0.4 is 5.73 Å². The Kier molecular flexibility index (Phi) is 3.28. The average Bonchev–Trinajstić information content (AvgIpc) is 3.05. The molecule has 0 aliphatic rings. The van der Waals surface area contributed by atoms with Crippen molar-refractivity contribution < 1.29 is 9.34 Å². The number of nitrogens with zero attached hydrogens (tertiary/aromatic N) is 3. The van der Waals surface area contributed by atoms with Gasteiger partial charge in [0.05, 0.1) is 17.2 Å². The van der Waals surface area contributed by atoms with Gasteiger partial charge >= 0.3 is 5.88 Å². The quantitative estimate of drug-likeness (QED) is 0.341. The summed E-state index contributed by atoms with van der Waals surface area (Å²) in [7, 11) is 0. The third-order valence-electron chi connectivity index (χ3n) is 2.50. The summed E-state index contributed by atoms with van der Waals surface area (Å²) in [6.45, 7) is 0. The molecule has 3 rings (SSSR count). The zero-order valence-corrected chi connectivity index (χ0v) is 11.6. The highest BCUT2D eigenvalue weighted by atomic mass is 32.2. The number of hydrogen-bond acceptors (Lipinski definition) is 8. The third kappa shape index (κ3) is 2.45. The number of nitrogen functional groups attached to an aromatic ring is 1. The zero-order valence-electron chi connectivity index (χ0n) is 9.98. The van der Waals surface area contributed by atoms with Gasteiger partial charge in [-0.2, -0.15) is 0 Å². The molecule has 0 atom stereocenters. The Balaban J connectivity index is 1.77. The number of nitrogens with two attached hydrogens (primary N) is 1. The summed E-state index contributed by atoms with van der Waals surface area (Å²) in [5.41, 5.74) is 5.84. The molecule has 7 nitrogen and oxygen atoms in total. The van der Waals surface area contributed by atoms with E-state index in [1.807, 2.05) is 11.4 Å². The maximum absolute atomic E-state index is 10.5. The molecule has 0 aromatic carbocycles. The molecule has 2 N–H and O–H groups in total. The lowest BCUT2D eigenvalue weighted by molar-refractivity contribution is -0.402. The minimum absolute atomic E-state index is 0.269. The molecular weight excluding hydrogens is 300 g/mol. The normalized spacial score (nSPS) is 11.0. The van der Waals surface area contributed by atoms with Crippen LogP contribution in [-0.2, 0) is 5.75 Å². The Morgan fingerprint density at radius 1 is 1.40 bits per heavy atom. The van der Waals surface area contributed by atoms with E-state index in [-0.39, 0.29) is 5.88 Å². The molecule has 102 valence electrons. The summed E-state index contributed by atoms with van der Waals surface area (Å²) in [5, 5.41) is 13.8. The Hall–Kier alpha value is -2.13. The number of fused-ring (bicyclic) bond motifs is 1. The van der Waals surface area contributed by atoms with Crippen molar-refractivity contribution in [2.45, 2.75) is 10.9 Å². The van der Waals surface area contributed by atoms with Crippen LogP contribution in [0.5, 0.6) is 0 Å². The number of rotatable bonds is 4. The van der Waals surface area contributed by atoms with E-state index in [9.17, 15) is 10.1 Å². The van der Waals surface area contributed by atoms with Crippen LogP contribution in [0.1, 0.15) is 5.76 Å². The van der Waals surface area contributed by atoms with Crippen LogP contribution in [0.4, 0.5) is 11.7 Å². The lowest BCUT2D eigenvalue weighted by atomic mass is 10.4. The van der Waals surface area contributed by atoms with Crippen molar-refractivity contribution in [1.29, 1.82) is 0 Å². The maximum Gasteiger partial charge on any atom is 0.433 e. The van der Waals surface area contributed by atoms with E-state index in [2.05, 4.69) is 9.97 Å². The minimum Gasteiger partial charge on any atom is -0.405 e. The number of thioether (sulfide) groups is 1. The Morgan fingerprint density at radius 2 is 2.25 bits per heavy atom. The molecule has 0 unspecified atom stereocenters. The minimum atomic E-state index is -0.569. The highest BCUT2D eigenvalue weighted by molar-refractivity contribution is 7.98. The summed E-state index contributed by atoms with van der Waals surface area (Å²) < 4.78 is 5.07. The Labute approximate surface area is 121 Å². The smallest absolute Gasteiger partial charge is 0.405 e. The van der Waals surface area contributed by atoms with Crippen LogP contribution in [0.15, 0.2) is 33.2 Å². The van der Waals surface area contributed by atoms with E-state index in [4.69, 9.17) is 10.2 Å². The van der Waals surface area contributed by atoms with Gasteiger partial charge in [-0.15, -0.1) is 11.3 Å². The number of thiophene rings is 1. The summed E-state index contributed by atoms with van der Waals surface area (Å²) >= 11 is 2.81. The molecule has 3 aromatic rings. The molecule has 0 radical (unpaired) electrons. The molecule has 0 amide bonds. The zero-order chi connectivity index (χ0) is 14.1. The molecule has 0 fully saturated rings. The standard InChI is InChI=1S/C11H8N4O3S2/c12-9-7-3-4-19-10(7)14-11(13-9)20-5-6-1-2-8(18-6)15(16)17/h1-4H,5H2,(H2,12,13,14). The molecule has 0 saturated heterocycles. The maximum atomic E-state index is 10.5. The van der Waals surface area contributed by atoms with Gasteiger partial charge in [0.15, 0.2) is 5.16 Å². The predicted octanol–water partition coefficient (Wildman–Crippen LogP) is 3.07. The molecule has 0 spiro atoms. The van der Waals surface area contributed by atoms with Crippen molar-refractivity contribution in [3.63, 3.8) is 0 Å². The molecule has 0 aliphatic carbocycles. The molecule has 0 aliphatic heterocycles. The summed E-state index contributed by atoms with van der Waals surface area (Å²) in [6, 6.07) is 4.77. The first-order valence-corrected chi connectivity index (χ1v) is 7.36. The van der Waals surface area contributed by atoms with Crippen molar-refractivity contribution >= 4 is 45.0 Å². The molecule has 20 heavy (non-hydrogen) atoms. The second kappa shape index (κ2) is 5.10. The molecule has 3 aromatic heterocycles. The largest absolute Gasteiger partial charge is 0.433 e. The first-order chi connectivity index (χ1) is 9.63. The van der Waals surface area contributed by atoms with Crippen LogP contribution in [0, 0.1) is 10.1 Å². The van der Waals surface area contributed by atoms with E-state index in [1.54, 1.807) is 6.07 Å². The molecule has 0 saturated carbocycles. The fourth-order valence-electron chi connectivity index (χ4n) is 1.60. The highest BCUT2D eigenvalue weighted by Gasteiger charge is 2.13. The van der Waals surface area contributed by atoms with Gasteiger partial charge in [-0.3, -0.25) is 10.1 Å². The van der Waals surface area contributed by atoms with Crippen molar-refractivity contribution in [1.82, 2.24) is 9.97 Å². The molecular formula is C11H8N4O3S2. The molecule has 9 heteroatoms. The highest BCUT2D eigenvalue weighted by Crippen LogP contribution is 2.28. The number of hydrogen-bond donors (Lipinski definition) is 1. The lowest BCUT2D eigenvalue weighted by Crippen LogP contribution is -1.95. The van der Waals surface area contributed by atoms with Crippen LogP contribution in [0.25, 0.3) is 10.2 Å². The molecule has 3 heterocycles. The monoisotopic (exact) mass is 308 g/mol. The van der Waals surface area contributed by atoms with Gasteiger partial charge in [0, 0.05) is 0 Å². The van der Waals surface area contributed by atoms with Crippen LogP contribution >= 0.6 is 23.1 Å². The van der Waals surface area contributed by atoms with Gasteiger partial charge in [0.25, 0.3) is 0 Å². The first-order valence-electron chi connectivity index (χ1n) is 5.50. The Morgan fingerprint density at radius 3 is 3.00 bits per heavy atom. The average molecular weight is 308 g/mol. The number of anilines is 1. The predicted molar refractivity (Wildman–Crippen MR) is 76.8 cm³/mol. The van der Waals surface area contributed by atoms with E-state index >= 15 is 0 Å². The second-order valence-electron chi connectivity index (χ2n) is 3.82. The lowest BCUT2D eigenvalue weighted by Gasteiger charge is -2.00. The summed E-state index contributed by atoms with van der Waals surface area (Å²) in [6.07, 6.45) is 0. The van der Waals surface area contributed by atoms with Crippen molar-refractivity contribution in [2.24, 2.45) is 0 Å². The topological polar surface area (TPSA) is 108 Å². The number of furan rings is 1. The summed E-state index contributed by atoms with van der Waals surface area (Å²) in [4.78, 5) is 19.3. The number of aromatic nitrogens is 2. The third-order valence-corrected chi connectivity index (χ3v) is 4.18. The van der Waals surface area contributed by atoms with Crippen LogP contribution in [0.2, 0.25) is 0 Å². The SMILES string of the molecule is Nc1nc(SCc2ccc([N+](=O)[O-])o2)nc2sccc12. The van der Waals surface area contributed by atoms with Gasteiger partial charge in [-0.25, -0.2) is 9.97 Å². The second-order valence-corrected chi connectivity index (χ2v) is 5.65. The van der Waals surface area contributed by atoms with Crippen molar-refractivity contribution in [2.75, 3.05) is 5.73 Å². The Bertz CT molecular complexity index is 783. The van der Waals surface area contributed by atoms with Gasteiger partial charge < -0.3 is 10.2 Å².